The minimum absolute atomic E-state index is 0.427. The van der Waals surface area contributed by atoms with E-state index in [-0.39, 0.29) is 0 Å². The van der Waals surface area contributed by atoms with Crippen LogP contribution in [0.5, 0.6) is 0 Å². The summed E-state index contributed by atoms with van der Waals surface area (Å²) in [7, 11) is 0. The molecule has 0 amide bonds. The molecule has 10 heavy (non-hydrogen) atoms. The number of rotatable bonds is 5. The van der Waals surface area contributed by atoms with Crippen molar-refractivity contribution in [2.45, 2.75) is 17.4 Å². The van der Waals surface area contributed by atoms with E-state index < -0.39 is 0 Å². The Hall–Kier alpha value is 1.40. The zero-order valence-corrected chi connectivity index (χ0v) is 9.53. The molecule has 0 radical (unpaired) electrons. The summed E-state index contributed by atoms with van der Waals surface area (Å²) < 4.78 is 0. The van der Waals surface area contributed by atoms with Gasteiger partial charge in [-0.15, -0.1) is 0 Å². The Morgan fingerprint density at radius 1 is 1.30 bits per heavy atom. The molecule has 2 unspecified atom stereocenters. The molecule has 0 nitrogen and oxygen atoms in total. The molecule has 0 rings (SSSR count). The molecule has 0 fully saturated rings. The van der Waals surface area contributed by atoms with Crippen LogP contribution < -0.4 is 0 Å². The molecule has 4 heteroatoms. The predicted molar refractivity (Wildman–Crippen MR) is 62.4 cm³/mol. The Balaban J connectivity index is 3.17. The van der Waals surface area contributed by atoms with E-state index in [0.29, 0.717) is 10.5 Å². The fourth-order valence-corrected chi connectivity index (χ4v) is 2.03. The summed E-state index contributed by atoms with van der Waals surface area (Å²) in [6.07, 6.45) is 0. The van der Waals surface area contributed by atoms with E-state index in [9.17, 15) is 0 Å². The van der Waals surface area contributed by atoms with E-state index in [4.69, 9.17) is 0 Å². The maximum Gasteiger partial charge on any atom is 0.0196 e. The SMILES string of the molecule is CC(CS)SCC(S)CS. The molecule has 0 aromatic rings. The van der Waals surface area contributed by atoms with E-state index >= 15 is 0 Å². The lowest BCUT2D eigenvalue weighted by molar-refractivity contribution is 1.10. The Labute approximate surface area is 84.2 Å². The van der Waals surface area contributed by atoms with Crippen LogP contribution in [0, 0.1) is 0 Å². The molecule has 0 saturated heterocycles. The predicted octanol–water partition coefficient (Wildman–Crippen LogP) is 2.27. The van der Waals surface area contributed by atoms with Gasteiger partial charge in [0.2, 0.25) is 0 Å². The maximum absolute atomic E-state index is 4.32. The zero-order chi connectivity index (χ0) is 7.98. The highest BCUT2D eigenvalue weighted by atomic mass is 32.2. The number of hydrogen-bond donors (Lipinski definition) is 3. The number of thioether (sulfide) groups is 1. The van der Waals surface area contributed by atoms with Crippen molar-refractivity contribution in [1.82, 2.24) is 0 Å². The molecule has 0 aliphatic rings. The second kappa shape index (κ2) is 7.07. The zero-order valence-electron chi connectivity index (χ0n) is 6.03. The van der Waals surface area contributed by atoms with Crippen LogP contribution in [0.25, 0.3) is 0 Å². The third kappa shape index (κ3) is 6.13. The summed E-state index contributed by atoms with van der Waals surface area (Å²) in [5.74, 6) is 2.88. The topological polar surface area (TPSA) is 0 Å². The van der Waals surface area contributed by atoms with E-state index in [1.165, 1.54) is 0 Å². The summed E-state index contributed by atoms with van der Waals surface area (Å²) in [5, 5.41) is 1.06. The summed E-state index contributed by atoms with van der Waals surface area (Å²) in [4.78, 5) is 0. The molecule has 62 valence electrons. The maximum atomic E-state index is 4.32. The van der Waals surface area contributed by atoms with Crippen LogP contribution in [0.1, 0.15) is 6.92 Å². The lowest BCUT2D eigenvalue weighted by atomic mass is 10.5. The summed E-state index contributed by atoms with van der Waals surface area (Å²) >= 11 is 14.5. The van der Waals surface area contributed by atoms with Gasteiger partial charge in [0.15, 0.2) is 0 Å². The van der Waals surface area contributed by atoms with Crippen LogP contribution in [0.15, 0.2) is 0 Å². The Bertz CT molecular complexity index is 66.1. The first-order valence-electron chi connectivity index (χ1n) is 3.22. The van der Waals surface area contributed by atoms with E-state index in [0.717, 1.165) is 17.3 Å². The van der Waals surface area contributed by atoms with Crippen LogP contribution in [0.3, 0.4) is 0 Å². The highest BCUT2D eigenvalue weighted by molar-refractivity contribution is 8.01. The van der Waals surface area contributed by atoms with Gasteiger partial charge in [0, 0.05) is 27.8 Å². The van der Waals surface area contributed by atoms with Gasteiger partial charge in [0.1, 0.15) is 0 Å². The van der Waals surface area contributed by atoms with Crippen molar-refractivity contribution in [2.24, 2.45) is 0 Å². The standard InChI is InChI=1S/C6H14S4/c1-5(2-7)10-4-6(9)3-8/h5-9H,2-4H2,1H3. The van der Waals surface area contributed by atoms with Crippen molar-refractivity contribution in [1.29, 1.82) is 0 Å². The average Bonchev–Trinajstić information content (AvgIpc) is 1.99. The smallest absolute Gasteiger partial charge is 0.0196 e. The van der Waals surface area contributed by atoms with Crippen LogP contribution in [-0.4, -0.2) is 27.8 Å². The second-order valence-corrected chi connectivity index (χ2v) is 5.09. The molecule has 0 saturated carbocycles. The van der Waals surface area contributed by atoms with Crippen molar-refractivity contribution >= 4 is 49.6 Å². The number of hydrogen-bond acceptors (Lipinski definition) is 4. The quantitative estimate of drug-likeness (QED) is 0.590. The summed E-state index contributed by atoms with van der Waals surface area (Å²) in [6.45, 7) is 2.18. The van der Waals surface area contributed by atoms with Gasteiger partial charge >= 0.3 is 0 Å². The van der Waals surface area contributed by atoms with Crippen LogP contribution in [0.4, 0.5) is 0 Å². The first-order valence-corrected chi connectivity index (χ1v) is 6.05. The molecule has 0 heterocycles. The van der Waals surface area contributed by atoms with E-state index in [2.05, 4.69) is 44.8 Å². The molecule has 0 bridgehead atoms. The largest absolute Gasteiger partial charge is 0.178 e. The van der Waals surface area contributed by atoms with Crippen molar-refractivity contribution in [3.8, 4) is 0 Å². The molecule has 0 N–H and O–H groups in total. The molecule has 2 atom stereocenters. The lowest BCUT2D eigenvalue weighted by Crippen LogP contribution is -2.08. The Morgan fingerprint density at radius 2 is 1.90 bits per heavy atom. The van der Waals surface area contributed by atoms with Crippen molar-refractivity contribution in [2.75, 3.05) is 17.3 Å². The first kappa shape index (κ1) is 11.4. The van der Waals surface area contributed by atoms with Gasteiger partial charge in [-0.3, -0.25) is 0 Å². The van der Waals surface area contributed by atoms with E-state index in [1.54, 1.807) is 0 Å². The first-order chi connectivity index (χ1) is 4.70. The third-order valence-electron chi connectivity index (χ3n) is 1.04. The molecule has 0 aromatic carbocycles. The molecule has 0 aromatic heterocycles. The van der Waals surface area contributed by atoms with Gasteiger partial charge in [0.25, 0.3) is 0 Å². The molecule has 0 aliphatic heterocycles. The fraction of sp³-hybridized carbons (Fsp3) is 1.00. The van der Waals surface area contributed by atoms with Gasteiger partial charge in [-0.25, -0.2) is 0 Å². The van der Waals surface area contributed by atoms with E-state index in [1.807, 2.05) is 11.8 Å². The van der Waals surface area contributed by atoms with Gasteiger partial charge < -0.3 is 0 Å². The molecular weight excluding hydrogens is 200 g/mol. The third-order valence-corrected chi connectivity index (χ3v) is 4.51. The van der Waals surface area contributed by atoms with Crippen molar-refractivity contribution in [3.05, 3.63) is 0 Å². The Morgan fingerprint density at radius 3 is 2.30 bits per heavy atom. The minimum atomic E-state index is 0.427. The Kier molecular flexibility index (Phi) is 8.06. The van der Waals surface area contributed by atoms with Gasteiger partial charge in [-0.1, -0.05) is 6.92 Å². The number of thiol groups is 3. The van der Waals surface area contributed by atoms with Crippen LogP contribution in [0.2, 0.25) is 0 Å². The van der Waals surface area contributed by atoms with Crippen molar-refractivity contribution < 1.29 is 0 Å². The molecule has 0 aliphatic carbocycles. The van der Waals surface area contributed by atoms with Crippen LogP contribution in [-0.2, 0) is 0 Å². The van der Waals surface area contributed by atoms with Crippen LogP contribution >= 0.6 is 49.6 Å². The fourth-order valence-electron chi connectivity index (χ4n) is 0.381. The summed E-state index contributed by atoms with van der Waals surface area (Å²) in [6, 6.07) is 0. The second-order valence-electron chi connectivity index (χ2n) is 2.16. The molecular formula is C6H14S4. The average molecular weight is 214 g/mol. The van der Waals surface area contributed by atoms with Gasteiger partial charge in [0.05, 0.1) is 0 Å². The highest BCUT2D eigenvalue weighted by Gasteiger charge is 2.03. The highest BCUT2D eigenvalue weighted by Crippen LogP contribution is 2.15. The lowest BCUT2D eigenvalue weighted by Gasteiger charge is -2.10. The minimum Gasteiger partial charge on any atom is -0.178 e. The van der Waals surface area contributed by atoms with Gasteiger partial charge in [-0.05, 0) is 0 Å². The molecule has 0 spiro atoms. The van der Waals surface area contributed by atoms with Crippen molar-refractivity contribution in [3.63, 3.8) is 0 Å². The summed E-state index contributed by atoms with van der Waals surface area (Å²) in [5.41, 5.74) is 0. The monoisotopic (exact) mass is 214 g/mol. The van der Waals surface area contributed by atoms with Gasteiger partial charge in [-0.2, -0.15) is 49.6 Å². The normalized spacial score (nSPS) is 16.8.